The summed E-state index contributed by atoms with van der Waals surface area (Å²) in [6, 6.07) is 0. The summed E-state index contributed by atoms with van der Waals surface area (Å²) < 4.78 is 15.5. The SMILES string of the molecule is CCCC(=O)O[C@@H]1COC(O)C[C@H]1OC(=O)CCC. The number of hydrogen-bond acceptors (Lipinski definition) is 6. The van der Waals surface area contributed by atoms with Crippen LogP contribution in [0, 0.1) is 0 Å². The molecule has 0 saturated carbocycles. The van der Waals surface area contributed by atoms with E-state index >= 15 is 0 Å². The van der Waals surface area contributed by atoms with Crippen LogP contribution in [0.25, 0.3) is 0 Å². The van der Waals surface area contributed by atoms with Crippen molar-refractivity contribution in [2.75, 3.05) is 6.61 Å². The Morgan fingerprint density at radius 2 is 1.63 bits per heavy atom. The molecule has 0 aromatic heterocycles. The van der Waals surface area contributed by atoms with Crippen molar-refractivity contribution in [3.8, 4) is 0 Å². The lowest BCUT2D eigenvalue weighted by Gasteiger charge is -2.33. The first-order valence-electron chi connectivity index (χ1n) is 6.75. The molecule has 0 aromatic rings. The molecule has 0 radical (unpaired) electrons. The van der Waals surface area contributed by atoms with Gasteiger partial charge in [-0.2, -0.15) is 0 Å². The minimum absolute atomic E-state index is 0.0424. The number of rotatable bonds is 6. The molecule has 1 rings (SSSR count). The highest BCUT2D eigenvalue weighted by Crippen LogP contribution is 2.20. The molecule has 1 aliphatic heterocycles. The Kier molecular flexibility index (Phi) is 6.80. The lowest BCUT2D eigenvalue weighted by atomic mass is 10.1. The second-order valence-electron chi connectivity index (χ2n) is 4.58. The Labute approximate surface area is 113 Å². The van der Waals surface area contributed by atoms with Gasteiger partial charge in [0.15, 0.2) is 12.4 Å². The third kappa shape index (κ3) is 5.57. The fraction of sp³-hybridized carbons (Fsp3) is 0.846. The Bertz CT molecular complexity index is 304. The summed E-state index contributed by atoms with van der Waals surface area (Å²) in [5.41, 5.74) is 0. The lowest BCUT2D eigenvalue weighted by molar-refractivity contribution is -0.218. The molecule has 1 heterocycles. The number of aliphatic hydroxyl groups is 1. The highest BCUT2D eigenvalue weighted by Gasteiger charge is 2.35. The van der Waals surface area contributed by atoms with Crippen LogP contribution in [0.5, 0.6) is 0 Å². The summed E-state index contributed by atoms with van der Waals surface area (Å²) in [5.74, 6) is -0.692. The highest BCUT2D eigenvalue weighted by atomic mass is 16.6. The molecule has 1 N–H and O–H groups in total. The molecule has 1 saturated heterocycles. The Balaban J connectivity index is 2.54. The quantitative estimate of drug-likeness (QED) is 0.732. The molecule has 1 fully saturated rings. The van der Waals surface area contributed by atoms with Crippen LogP contribution in [-0.2, 0) is 23.8 Å². The first-order chi connectivity index (χ1) is 9.06. The molecule has 1 aliphatic rings. The number of carbonyl (C=O) groups is 2. The van der Waals surface area contributed by atoms with Crippen LogP contribution in [0.2, 0.25) is 0 Å². The molecule has 0 bridgehead atoms. The summed E-state index contributed by atoms with van der Waals surface area (Å²) in [4.78, 5) is 23.0. The van der Waals surface area contributed by atoms with Crippen LogP contribution in [0.1, 0.15) is 46.0 Å². The molecular formula is C13H22O6. The monoisotopic (exact) mass is 274 g/mol. The molecule has 110 valence electrons. The van der Waals surface area contributed by atoms with Gasteiger partial charge in [-0.05, 0) is 12.8 Å². The molecule has 3 atom stereocenters. The standard InChI is InChI=1S/C13H22O6/c1-3-5-11(14)18-9-7-13(16)17-8-10(9)19-12(15)6-4-2/h9-10,13,16H,3-8H2,1-2H3/t9-,10-,13?/m1/s1. The summed E-state index contributed by atoms with van der Waals surface area (Å²) in [5, 5.41) is 9.42. The van der Waals surface area contributed by atoms with Gasteiger partial charge in [0.05, 0.1) is 6.61 Å². The van der Waals surface area contributed by atoms with Crippen molar-refractivity contribution in [1.29, 1.82) is 0 Å². The van der Waals surface area contributed by atoms with Crippen molar-refractivity contribution < 1.29 is 28.9 Å². The molecule has 19 heavy (non-hydrogen) atoms. The number of aliphatic hydroxyl groups excluding tert-OH is 1. The zero-order chi connectivity index (χ0) is 14.3. The van der Waals surface area contributed by atoms with Gasteiger partial charge in [-0.25, -0.2) is 0 Å². The minimum Gasteiger partial charge on any atom is -0.458 e. The maximum absolute atomic E-state index is 11.5. The van der Waals surface area contributed by atoms with E-state index in [0.717, 1.165) is 0 Å². The fourth-order valence-electron chi connectivity index (χ4n) is 1.83. The zero-order valence-electron chi connectivity index (χ0n) is 11.5. The molecule has 0 spiro atoms. The number of carbonyl (C=O) groups excluding carboxylic acids is 2. The number of hydrogen-bond donors (Lipinski definition) is 1. The second kappa shape index (κ2) is 8.12. The van der Waals surface area contributed by atoms with Crippen LogP contribution in [-0.4, -0.2) is 42.1 Å². The van der Waals surface area contributed by atoms with Crippen molar-refractivity contribution in [3.05, 3.63) is 0 Å². The van der Waals surface area contributed by atoms with Crippen LogP contribution in [0.4, 0.5) is 0 Å². The van der Waals surface area contributed by atoms with Crippen LogP contribution in [0.15, 0.2) is 0 Å². The lowest BCUT2D eigenvalue weighted by Crippen LogP contribution is -2.46. The van der Waals surface area contributed by atoms with Crippen molar-refractivity contribution in [2.45, 2.75) is 64.4 Å². The minimum atomic E-state index is -0.986. The van der Waals surface area contributed by atoms with Gasteiger partial charge in [0.1, 0.15) is 6.10 Å². The van der Waals surface area contributed by atoms with Gasteiger partial charge in [-0.1, -0.05) is 13.8 Å². The summed E-state index contributed by atoms with van der Waals surface area (Å²) in [6.07, 6.45) is -0.134. The fourth-order valence-corrected chi connectivity index (χ4v) is 1.83. The second-order valence-corrected chi connectivity index (χ2v) is 4.58. The van der Waals surface area contributed by atoms with E-state index in [1.54, 1.807) is 0 Å². The molecule has 0 aromatic carbocycles. The van der Waals surface area contributed by atoms with Gasteiger partial charge in [0, 0.05) is 19.3 Å². The van der Waals surface area contributed by atoms with E-state index in [4.69, 9.17) is 14.2 Å². The summed E-state index contributed by atoms with van der Waals surface area (Å²) in [6.45, 7) is 3.79. The van der Waals surface area contributed by atoms with E-state index in [1.165, 1.54) is 0 Å². The molecular weight excluding hydrogens is 252 g/mol. The van der Waals surface area contributed by atoms with Gasteiger partial charge in [-0.15, -0.1) is 0 Å². The molecule has 6 nitrogen and oxygen atoms in total. The average molecular weight is 274 g/mol. The average Bonchev–Trinajstić information content (AvgIpc) is 2.33. The number of esters is 2. The maximum atomic E-state index is 11.5. The van der Waals surface area contributed by atoms with Crippen molar-refractivity contribution in [3.63, 3.8) is 0 Å². The van der Waals surface area contributed by atoms with Crippen molar-refractivity contribution in [2.24, 2.45) is 0 Å². The first-order valence-corrected chi connectivity index (χ1v) is 6.75. The van der Waals surface area contributed by atoms with Crippen LogP contribution in [0.3, 0.4) is 0 Å². The molecule has 0 amide bonds. The Morgan fingerprint density at radius 1 is 1.11 bits per heavy atom. The Morgan fingerprint density at radius 3 is 2.16 bits per heavy atom. The van der Waals surface area contributed by atoms with Crippen LogP contribution < -0.4 is 0 Å². The summed E-state index contributed by atoms with van der Waals surface area (Å²) in [7, 11) is 0. The zero-order valence-corrected chi connectivity index (χ0v) is 11.5. The van der Waals surface area contributed by atoms with Gasteiger partial charge in [0.2, 0.25) is 0 Å². The predicted octanol–water partition coefficient (Wildman–Crippen LogP) is 1.15. The van der Waals surface area contributed by atoms with E-state index in [2.05, 4.69) is 0 Å². The number of ether oxygens (including phenoxy) is 3. The van der Waals surface area contributed by atoms with E-state index in [1.807, 2.05) is 13.8 Å². The summed E-state index contributed by atoms with van der Waals surface area (Å²) >= 11 is 0. The van der Waals surface area contributed by atoms with E-state index in [0.29, 0.717) is 25.7 Å². The molecule has 0 aliphatic carbocycles. The third-order valence-electron chi connectivity index (χ3n) is 2.78. The highest BCUT2D eigenvalue weighted by molar-refractivity contribution is 5.70. The third-order valence-corrected chi connectivity index (χ3v) is 2.78. The predicted molar refractivity (Wildman–Crippen MR) is 66.2 cm³/mol. The largest absolute Gasteiger partial charge is 0.458 e. The van der Waals surface area contributed by atoms with Gasteiger partial charge < -0.3 is 19.3 Å². The topological polar surface area (TPSA) is 82.1 Å². The van der Waals surface area contributed by atoms with Crippen molar-refractivity contribution in [1.82, 2.24) is 0 Å². The van der Waals surface area contributed by atoms with Gasteiger partial charge >= 0.3 is 11.9 Å². The molecule has 6 heteroatoms. The van der Waals surface area contributed by atoms with Crippen LogP contribution >= 0.6 is 0 Å². The Hall–Kier alpha value is -1.14. The van der Waals surface area contributed by atoms with Crippen molar-refractivity contribution >= 4 is 11.9 Å². The van der Waals surface area contributed by atoms with Gasteiger partial charge in [0.25, 0.3) is 0 Å². The van der Waals surface area contributed by atoms with E-state index < -0.39 is 18.5 Å². The first kappa shape index (κ1) is 15.9. The smallest absolute Gasteiger partial charge is 0.306 e. The van der Waals surface area contributed by atoms with E-state index in [-0.39, 0.29) is 25.0 Å². The molecule has 1 unspecified atom stereocenters. The van der Waals surface area contributed by atoms with E-state index in [9.17, 15) is 14.7 Å². The normalized spacial score (nSPS) is 26.8. The van der Waals surface area contributed by atoms with Gasteiger partial charge in [-0.3, -0.25) is 9.59 Å². The maximum Gasteiger partial charge on any atom is 0.306 e.